The van der Waals surface area contributed by atoms with Crippen LogP contribution >= 0.6 is 0 Å². The highest BCUT2D eigenvalue weighted by atomic mass is 16.5. The molecule has 2 rings (SSSR count). The van der Waals surface area contributed by atoms with Crippen LogP contribution in [0.4, 0.5) is 0 Å². The van der Waals surface area contributed by atoms with Crippen molar-refractivity contribution in [1.29, 1.82) is 0 Å². The number of aliphatic hydroxyl groups excluding tert-OH is 1. The number of nitrogens with zero attached hydrogens (tertiary/aromatic N) is 3. The molecule has 0 amide bonds. The number of rotatable bonds is 3. The molecule has 0 spiro atoms. The van der Waals surface area contributed by atoms with Gasteiger partial charge in [0.15, 0.2) is 0 Å². The zero-order valence-corrected chi connectivity index (χ0v) is 9.13. The van der Waals surface area contributed by atoms with E-state index in [1.807, 2.05) is 0 Å². The highest BCUT2D eigenvalue weighted by Gasteiger charge is 2.22. The van der Waals surface area contributed by atoms with Crippen LogP contribution in [0.15, 0.2) is 6.20 Å². The maximum Gasteiger partial charge on any atom is 0.111 e. The third-order valence-corrected chi connectivity index (χ3v) is 2.70. The van der Waals surface area contributed by atoms with Gasteiger partial charge in [-0.05, 0) is 26.7 Å². The minimum Gasteiger partial charge on any atom is -0.387 e. The van der Waals surface area contributed by atoms with E-state index in [1.165, 1.54) is 0 Å². The van der Waals surface area contributed by atoms with E-state index in [2.05, 4.69) is 17.2 Å². The van der Waals surface area contributed by atoms with Crippen molar-refractivity contribution < 1.29 is 9.84 Å². The van der Waals surface area contributed by atoms with Gasteiger partial charge in [0.2, 0.25) is 0 Å². The molecule has 1 N–H and O–H groups in total. The summed E-state index contributed by atoms with van der Waals surface area (Å²) in [5, 5.41) is 17.1. The van der Waals surface area contributed by atoms with Gasteiger partial charge in [-0.25, -0.2) is 4.68 Å². The van der Waals surface area contributed by atoms with Crippen molar-refractivity contribution >= 4 is 0 Å². The molecule has 3 atom stereocenters. The molecule has 84 valence electrons. The first-order chi connectivity index (χ1) is 7.15. The first kappa shape index (κ1) is 10.6. The number of hydrogen-bond donors (Lipinski definition) is 1. The standard InChI is InChI=1S/C10H17N3O2/c1-7-3-4-9(15-7)5-13-6-10(8(2)14)11-12-13/h6-9,14H,3-5H2,1-2H3. The Bertz CT molecular complexity index is 324. The van der Waals surface area contributed by atoms with Crippen molar-refractivity contribution in [3.8, 4) is 0 Å². The lowest BCUT2D eigenvalue weighted by atomic mass is 10.2. The average molecular weight is 211 g/mol. The molecule has 1 aromatic heterocycles. The average Bonchev–Trinajstić information content (AvgIpc) is 2.76. The molecule has 3 unspecified atom stereocenters. The lowest BCUT2D eigenvalue weighted by Gasteiger charge is -2.09. The van der Waals surface area contributed by atoms with Crippen LogP contribution < -0.4 is 0 Å². The fourth-order valence-electron chi connectivity index (χ4n) is 1.82. The molecule has 5 nitrogen and oxygen atoms in total. The summed E-state index contributed by atoms with van der Waals surface area (Å²) in [6, 6.07) is 0. The van der Waals surface area contributed by atoms with Crippen molar-refractivity contribution in [2.75, 3.05) is 0 Å². The zero-order valence-electron chi connectivity index (χ0n) is 9.13. The predicted octanol–water partition coefficient (Wildman–Crippen LogP) is 0.899. The van der Waals surface area contributed by atoms with Gasteiger partial charge in [0.05, 0.1) is 31.1 Å². The van der Waals surface area contributed by atoms with Gasteiger partial charge in [-0.3, -0.25) is 0 Å². The Morgan fingerprint density at radius 1 is 1.67 bits per heavy atom. The minimum atomic E-state index is -0.554. The summed E-state index contributed by atoms with van der Waals surface area (Å²) in [6.45, 7) is 4.50. The van der Waals surface area contributed by atoms with E-state index in [-0.39, 0.29) is 6.10 Å². The van der Waals surface area contributed by atoms with Crippen LogP contribution in [0.25, 0.3) is 0 Å². The van der Waals surface area contributed by atoms with Gasteiger partial charge in [-0.2, -0.15) is 0 Å². The normalized spacial score (nSPS) is 28.2. The molecular formula is C10H17N3O2. The molecule has 1 fully saturated rings. The van der Waals surface area contributed by atoms with Gasteiger partial charge in [0, 0.05) is 0 Å². The molecule has 15 heavy (non-hydrogen) atoms. The molecule has 0 aliphatic carbocycles. The van der Waals surface area contributed by atoms with Crippen molar-refractivity contribution in [2.24, 2.45) is 0 Å². The van der Waals surface area contributed by atoms with E-state index >= 15 is 0 Å². The van der Waals surface area contributed by atoms with Gasteiger partial charge < -0.3 is 9.84 Å². The van der Waals surface area contributed by atoms with E-state index in [1.54, 1.807) is 17.8 Å². The number of hydrogen-bond acceptors (Lipinski definition) is 4. The second-order valence-corrected chi connectivity index (χ2v) is 4.19. The zero-order chi connectivity index (χ0) is 10.8. The number of aliphatic hydroxyl groups is 1. The second kappa shape index (κ2) is 4.28. The molecule has 0 bridgehead atoms. The van der Waals surface area contributed by atoms with Crippen LogP contribution in [0.3, 0.4) is 0 Å². The Morgan fingerprint density at radius 2 is 2.47 bits per heavy atom. The molecule has 0 aromatic carbocycles. The Kier molecular flexibility index (Phi) is 3.02. The van der Waals surface area contributed by atoms with E-state index in [0.717, 1.165) is 19.4 Å². The van der Waals surface area contributed by atoms with Gasteiger partial charge in [0.1, 0.15) is 5.69 Å². The first-order valence-electron chi connectivity index (χ1n) is 5.38. The highest BCUT2D eigenvalue weighted by Crippen LogP contribution is 2.20. The van der Waals surface area contributed by atoms with Gasteiger partial charge >= 0.3 is 0 Å². The first-order valence-corrected chi connectivity index (χ1v) is 5.38. The molecule has 0 saturated carbocycles. The summed E-state index contributed by atoms with van der Waals surface area (Å²) in [7, 11) is 0. The van der Waals surface area contributed by atoms with Crippen molar-refractivity contribution in [2.45, 2.75) is 51.5 Å². The van der Waals surface area contributed by atoms with Crippen molar-refractivity contribution in [1.82, 2.24) is 15.0 Å². The third-order valence-electron chi connectivity index (χ3n) is 2.70. The Balaban J connectivity index is 1.93. The lowest BCUT2D eigenvalue weighted by Crippen LogP contribution is -2.16. The van der Waals surface area contributed by atoms with E-state index in [4.69, 9.17) is 4.74 Å². The quantitative estimate of drug-likeness (QED) is 0.807. The van der Waals surface area contributed by atoms with Crippen LogP contribution in [0.5, 0.6) is 0 Å². The lowest BCUT2D eigenvalue weighted by molar-refractivity contribution is 0.0433. The minimum absolute atomic E-state index is 0.239. The molecule has 0 radical (unpaired) electrons. The van der Waals surface area contributed by atoms with E-state index < -0.39 is 6.10 Å². The molecule has 1 aromatic rings. The molecule has 1 saturated heterocycles. The Morgan fingerprint density at radius 3 is 3.00 bits per heavy atom. The smallest absolute Gasteiger partial charge is 0.111 e. The summed E-state index contributed by atoms with van der Waals surface area (Å²) in [4.78, 5) is 0. The predicted molar refractivity (Wildman–Crippen MR) is 54.2 cm³/mol. The SMILES string of the molecule is CC1CCC(Cn2cc(C(C)O)nn2)O1. The summed E-state index contributed by atoms with van der Waals surface area (Å²) >= 11 is 0. The van der Waals surface area contributed by atoms with Gasteiger partial charge in [-0.15, -0.1) is 5.10 Å². The maximum atomic E-state index is 9.29. The molecular weight excluding hydrogens is 194 g/mol. The fraction of sp³-hybridized carbons (Fsp3) is 0.800. The molecule has 1 aliphatic heterocycles. The topological polar surface area (TPSA) is 60.2 Å². The van der Waals surface area contributed by atoms with Crippen molar-refractivity contribution in [3.05, 3.63) is 11.9 Å². The van der Waals surface area contributed by atoms with Crippen molar-refractivity contribution in [3.63, 3.8) is 0 Å². The monoisotopic (exact) mass is 211 g/mol. The maximum absolute atomic E-state index is 9.29. The van der Waals surface area contributed by atoms with Crippen LogP contribution in [0.1, 0.15) is 38.5 Å². The Labute approximate surface area is 89.0 Å². The highest BCUT2D eigenvalue weighted by molar-refractivity contribution is 4.95. The Hall–Kier alpha value is -0.940. The molecule has 1 aliphatic rings. The van der Waals surface area contributed by atoms with Gasteiger partial charge in [-0.1, -0.05) is 5.21 Å². The van der Waals surface area contributed by atoms with Crippen LogP contribution in [0, 0.1) is 0 Å². The van der Waals surface area contributed by atoms with E-state index in [0.29, 0.717) is 11.8 Å². The summed E-state index contributed by atoms with van der Waals surface area (Å²) in [6.07, 6.45) is 4.01. The fourth-order valence-corrected chi connectivity index (χ4v) is 1.82. The largest absolute Gasteiger partial charge is 0.387 e. The third kappa shape index (κ3) is 2.54. The van der Waals surface area contributed by atoms with Crippen LogP contribution in [-0.4, -0.2) is 32.3 Å². The summed E-state index contributed by atoms with van der Waals surface area (Å²) < 4.78 is 7.42. The summed E-state index contributed by atoms with van der Waals surface area (Å²) in [5.74, 6) is 0. The van der Waals surface area contributed by atoms with E-state index in [9.17, 15) is 5.11 Å². The molecule has 5 heteroatoms. The second-order valence-electron chi connectivity index (χ2n) is 4.19. The number of ether oxygens (including phenoxy) is 1. The number of aromatic nitrogens is 3. The van der Waals surface area contributed by atoms with Crippen LogP contribution in [-0.2, 0) is 11.3 Å². The van der Waals surface area contributed by atoms with Gasteiger partial charge in [0.25, 0.3) is 0 Å². The molecule has 2 heterocycles. The van der Waals surface area contributed by atoms with Crippen LogP contribution in [0.2, 0.25) is 0 Å². The summed E-state index contributed by atoms with van der Waals surface area (Å²) in [5.41, 5.74) is 0.612.